The number of fused-ring (bicyclic) bond motifs is 2. The van der Waals surface area contributed by atoms with Crippen LogP contribution in [0.25, 0.3) is 10.9 Å². The van der Waals surface area contributed by atoms with Crippen LogP contribution in [-0.4, -0.2) is 25.4 Å². The summed E-state index contributed by atoms with van der Waals surface area (Å²) in [6, 6.07) is 13.7. The lowest BCUT2D eigenvalue weighted by Gasteiger charge is -2.25. The minimum atomic E-state index is -3.68. The molecule has 1 atom stereocenters. The summed E-state index contributed by atoms with van der Waals surface area (Å²) in [7, 11) is -3.68. The average molecular weight is 381 g/mol. The third-order valence-corrected chi connectivity index (χ3v) is 6.44. The number of aryl methyl sites for hydroxylation is 1. The highest BCUT2D eigenvalue weighted by atomic mass is 32.2. The van der Waals surface area contributed by atoms with E-state index in [2.05, 4.69) is 15.0 Å². The standard InChI is InChI=1S/C20H19N3O3S/c1-13-8-9-17-15(6-4-10-21-17)16(13)12-22-20(24)18-11-14-5-2-3-7-19(14)27(25,26)23-18/h2-10,18,23H,11-12H2,1H3,(H,22,24)/t18-/m1/s1. The molecule has 0 aliphatic carbocycles. The first-order valence-electron chi connectivity index (χ1n) is 8.67. The van der Waals surface area contributed by atoms with Gasteiger partial charge in [-0.15, -0.1) is 0 Å². The van der Waals surface area contributed by atoms with Gasteiger partial charge in [0.1, 0.15) is 6.04 Å². The second kappa shape index (κ2) is 6.75. The molecule has 0 radical (unpaired) electrons. The van der Waals surface area contributed by atoms with Crippen molar-refractivity contribution in [3.63, 3.8) is 0 Å². The highest BCUT2D eigenvalue weighted by Gasteiger charge is 2.33. The number of carbonyl (C=O) groups is 1. The van der Waals surface area contributed by atoms with Crippen molar-refractivity contribution in [2.24, 2.45) is 0 Å². The molecule has 1 aliphatic rings. The van der Waals surface area contributed by atoms with Crippen LogP contribution >= 0.6 is 0 Å². The van der Waals surface area contributed by atoms with Crippen LogP contribution < -0.4 is 10.0 Å². The molecule has 1 amide bonds. The molecule has 138 valence electrons. The smallest absolute Gasteiger partial charge is 0.241 e. The zero-order valence-electron chi connectivity index (χ0n) is 14.8. The Labute approximate surface area is 157 Å². The van der Waals surface area contributed by atoms with E-state index in [4.69, 9.17) is 0 Å². The molecule has 1 aromatic heterocycles. The Morgan fingerprint density at radius 2 is 2.00 bits per heavy atom. The fourth-order valence-electron chi connectivity index (χ4n) is 3.45. The molecule has 4 rings (SSSR count). The molecule has 2 aromatic carbocycles. The first-order valence-corrected chi connectivity index (χ1v) is 10.2. The summed E-state index contributed by atoms with van der Waals surface area (Å²) in [6.07, 6.45) is 2.06. The van der Waals surface area contributed by atoms with Crippen molar-refractivity contribution >= 4 is 26.8 Å². The van der Waals surface area contributed by atoms with Crippen LogP contribution in [0, 0.1) is 6.92 Å². The second-order valence-electron chi connectivity index (χ2n) is 6.63. The Bertz CT molecular complexity index is 1140. The maximum absolute atomic E-state index is 12.7. The van der Waals surface area contributed by atoms with Crippen LogP contribution in [0.5, 0.6) is 0 Å². The van der Waals surface area contributed by atoms with Crippen LogP contribution in [0.2, 0.25) is 0 Å². The molecule has 0 bridgehead atoms. The molecule has 27 heavy (non-hydrogen) atoms. The molecule has 1 aliphatic heterocycles. The van der Waals surface area contributed by atoms with Crippen molar-refractivity contribution < 1.29 is 13.2 Å². The van der Waals surface area contributed by atoms with Gasteiger partial charge < -0.3 is 5.32 Å². The number of pyridine rings is 1. The van der Waals surface area contributed by atoms with Crippen LogP contribution in [0.1, 0.15) is 16.7 Å². The molecule has 0 saturated carbocycles. The maximum Gasteiger partial charge on any atom is 0.241 e. The number of rotatable bonds is 3. The molecule has 6 nitrogen and oxygen atoms in total. The van der Waals surface area contributed by atoms with Gasteiger partial charge in [-0.2, -0.15) is 4.72 Å². The largest absolute Gasteiger partial charge is 0.351 e. The lowest BCUT2D eigenvalue weighted by Crippen LogP contribution is -2.50. The Hall–Kier alpha value is -2.77. The Morgan fingerprint density at radius 3 is 2.85 bits per heavy atom. The van der Waals surface area contributed by atoms with E-state index >= 15 is 0 Å². The molecule has 2 N–H and O–H groups in total. The van der Waals surface area contributed by atoms with Gasteiger partial charge in [0.25, 0.3) is 0 Å². The van der Waals surface area contributed by atoms with E-state index < -0.39 is 16.1 Å². The third kappa shape index (κ3) is 3.31. The molecule has 2 heterocycles. The normalized spacial score (nSPS) is 18.0. The summed E-state index contributed by atoms with van der Waals surface area (Å²) < 4.78 is 27.3. The first-order chi connectivity index (χ1) is 13.0. The monoisotopic (exact) mass is 381 g/mol. The fourth-order valence-corrected chi connectivity index (χ4v) is 4.90. The maximum atomic E-state index is 12.7. The van der Waals surface area contributed by atoms with Gasteiger partial charge in [-0.1, -0.05) is 30.3 Å². The lowest BCUT2D eigenvalue weighted by molar-refractivity contribution is -0.122. The second-order valence-corrected chi connectivity index (χ2v) is 8.32. The van der Waals surface area contributed by atoms with Gasteiger partial charge in [0.2, 0.25) is 15.9 Å². The minimum absolute atomic E-state index is 0.241. The molecular weight excluding hydrogens is 362 g/mol. The summed E-state index contributed by atoms with van der Waals surface area (Å²) in [6.45, 7) is 2.29. The number of carbonyl (C=O) groups excluding carboxylic acids is 1. The SMILES string of the molecule is Cc1ccc2ncccc2c1CNC(=O)[C@H]1Cc2ccccc2S(=O)(=O)N1. The van der Waals surface area contributed by atoms with Crippen molar-refractivity contribution in [3.8, 4) is 0 Å². The number of nitrogens with zero attached hydrogens (tertiary/aromatic N) is 1. The van der Waals surface area contributed by atoms with E-state index in [1.165, 1.54) is 0 Å². The molecule has 0 unspecified atom stereocenters. The molecule has 0 fully saturated rings. The van der Waals surface area contributed by atoms with Gasteiger partial charge in [0, 0.05) is 18.1 Å². The van der Waals surface area contributed by atoms with Gasteiger partial charge in [0.15, 0.2) is 0 Å². The van der Waals surface area contributed by atoms with Crippen molar-refractivity contribution in [1.82, 2.24) is 15.0 Å². The molecular formula is C20H19N3O3S. The van der Waals surface area contributed by atoms with Gasteiger partial charge in [-0.25, -0.2) is 8.42 Å². The Morgan fingerprint density at radius 1 is 1.19 bits per heavy atom. The average Bonchev–Trinajstić information content (AvgIpc) is 2.66. The quantitative estimate of drug-likeness (QED) is 0.727. The summed E-state index contributed by atoms with van der Waals surface area (Å²) in [4.78, 5) is 17.2. The highest BCUT2D eigenvalue weighted by molar-refractivity contribution is 7.89. The molecule has 3 aromatic rings. The highest BCUT2D eigenvalue weighted by Crippen LogP contribution is 2.23. The van der Waals surface area contributed by atoms with Crippen LogP contribution in [0.15, 0.2) is 59.6 Å². The number of nitrogens with one attached hydrogen (secondary N) is 2. The Balaban J connectivity index is 1.56. The zero-order chi connectivity index (χ0) is 19.0. The van der Waals surface area contributed by atoms with Gasteiger partial charge in [0.05, 0.1) is 10.4 Å². The number of sulfonamides is 1. The van der Waals surface area contributed by atoms with E-state index in [0.29, 0.717) is 18.5 Å². The number of benzene rings is 2. The van der Waals surface area contributed by atoms with Gasteiger partial charge in [-0.05, 0) is 48.2 Å². The minimum Gasteiger partial charge on any atom is -0.351 e. The van der Waals surface area contributed by atoms with E-state index in [1.807, 2.05) is 31.2 Å². The van der Waals surface area contributed by atoms with Crippen LogP contribution in [0.3, 0.4) is 0 Å². The van der Waals surface area contributed by atoms with Crippen LogP contribution in [-0.2, 0) is 27.8 Å². The van der Waals surface area contributed by atoms with Crippen molar-refractivity contribution in [3.05, 3.63) is 71.4 Å². The van der Waals surface area contributed by atoms with Crippen molar-refractivity contribution in [2.45, 2.75) is 30.8 Å². The number of amides is 1. The molecule has 0 saturated heterocycles. The lowest BCUT2D eigenvalue weighted by atomic mass is 10.0. The summed E-state index contributed by atoms with van der Waals surface area (Å²) >= 11 is 0. The fraction of sp³-hybridized carbons (Fsp3) is 0.200. The van der Waals surface area contributed by atoms with E-state index in [9.17, 15) is 13.2 Å². The third-order valence-electron chi connectivity index (χ3n) is 4.87. The van der Waals surface area contributed by atoms with E-state index in [0.717, 1.165) is 22.0 Å². The summed E-state index contributed by atoms with van der Waals surface area (Å²) in [5, 5.41) is 3.86. The van der Waals surface area contributed by atoms with Gasteiger partial charge in [-0.3, -0.25) is 9.78 Å². The predicted molar refractivity (Wildman–Crippen MR) is 103 cm³/mol. The number of hydrogen-bond acceptors (Lipinski definition) is 4. The zero-order valence-corrected chi connectivity index (χ0v) is 15.6. The summed E-state index contributed by atoms with van der Waals surface area (Å²) in [5.74, 6) is -0.339. The van der Waals surface area contributed by atoms with Crippen LogP contribution in [0.4, 0.5) is 0 Å². The van der Waals surface area contributed by atoms with Crippen molar-refractivity contribution in [2.75, 3.05) is 0 Å². The van der Waals surface area contributed by atoms with E-state index in [-0.39, 0.29) is 10.8 Å². The predicted octanol–water partition coefficient (Wildman–Crippen LogP) is 2.06. The Kier molecular flexibility index (Phi) is 4.41. The number of hydrogen-bond donors (Lipinski definition) is 2. The van der Waals surface area contributed by atoms with E-state index in [1.54, 1.807) is 30.5 Å². The first kappa shape index (κ1) is 17.6. The summed E-state index contributed by atoms with van der Waals surface area (Å²) in [5.41, 5.74) is 3.54. The molecule has 0 spiro atoms. The topological polar surface area (TPSA) is 88.2 Å². The van der Waals surface area contributed by atoms with Crippen molar-refractivity contribution in [1.29, 1.82) is 0 Å². The molecule has 7 heteroatoms. The van der Waals surface area contributed by atoms with Gasteiger partial charge >= 0.3 is 0 Å². The number of aromatic nitrogens is 1.